The first kappa shape index (κ1) is 13.3. The molecule has 1 aromatic rings. The summed E-state index contributed by atoms with van der Waals surface area (Å²) in [6.07, 6.45) is 2.03. The van der Waals surface area contributed by atoms with Gasteiger partial charge in [0.15, 0.2) is 0 Å². The highest BCUT2D eigenvalue weighted by Gasteiger charge is 2.06. The molecule has 0 saturated heterocycles. The lowest BCUT2D eigenvalue weighted by molar-refractivity contribution is 0.630. The molecule has 0 heterocycles. The molecule has 0 radical (unpaired) electrons. The standard InChI is InChI=1S/C11H15FN2S2/c1-7(16-2)6-14-10-4-3-8(11(13)15)5-9(10)12/h3-5,7,14H,6H2,1-2H3,(H2,13,15). The molecule has 0 spiro atoms. The molecule has 16 heavy (non-hydrogen) atoms. The molecule has 0 bridgehead atoms. The smallest absolute Gasteiger partial charge is 0.146 e. The van der Waals surface area contributed by atoms with E-state index in [9.17, 15) is 4.39 Å². The number of thiocarbonyl (C=S) groups is 1. The Hall–Kier alpha value is -0.810. The van der Waals surface area contributed by atoms with Crippen LogP contribution in [0.3, 0.4) is 0 Å². The monoisotopic (exact) mass is 258 g/mol. The van der Waals surface area contributed by atoms with Crippen LogP contribution in [0.5, 0.6) is 0 Å². The maximum atomic E-state index is 13.6. The van der Waals surface area contributed by atoms with Gasteiger partial charge in [-0.3, -0.25) is 0 Å². The van der Waals surface area contributed by atoms with E-state index in [1.807, 2.05) is 6.26 Å². The third kappa shape index (κ3) is 3.64. The van der Waals surface area contributed by atoms with Crippen molar-refractivity contribution in [1.29, 1.82) is 0 Å². The van der Waals surface area contributed by atoms with Crippen molar-refractivity contribution >= 4 is 34.7 Å². The summed E-state index contributed by atoms with van der Waals surface area (Å²) in [6.45, 7) is 2.81. The summed E-state index contributed by atoms with van der Waals surface area (Å²) in [6, 6.07) is 4.74. The SMILES string of the molecule is CSC(C)CNc1ccc(C(N)=S)cc1F. The van der Waals surface area contributed by atoms with Crippen LogP contribution in [-0.2, 0) is 0 Å². The average molecular weight is 258 g/mol. The van der Waals surface area contributed by atoms with Crippen LogP contribution in [0, 0.1) is 5.82 Å². The Kier molecular flexibility index (Phi) is 5.02. The molecule has 88 valence electrons. The largest absolute Gasteiger partial charge is 0.389 e. The highest BCUT2D eigenvalue weighted by molar-refractivity contribution is 7.99. The molecule has 0 fully saturated rings. The van der Waals surface area contributed by atoms with Gasteiger partial charge in [-0.2, -0.15) is 11.8 Å². The molecular weight excluding hydrogens is 243 g/mol. The van der Waals surface area contributed by atoms with Crippen LogP contribution in [0.2, 0.25) is 0 Å². The van der Waals surface area contributed by atoms with Crippen molar-refractivity contribution in [3.8, 4) is 0 Å². The Morgan fingerprint density at radius 1 is 1.62 bits per heavy atom. The minimum absolute atomic E-state index is 0.211. The summed E-state index contributed by atoms with van der Waals surface area (Å²) in [5.74, 6) is -0.321. The summed E-state index contributed by atoms with van der Waals surface area (Å²) < 4.78 is 13.6. The Bertz CT molecular complexity index is 382. The Labute approximate surface area is 105 Å². The number of anilines is 1. The van der Waals surface area contributed by atoms with E-state index in [2.05, 4.69) is 12.2 Å². The molecule has 0 aliphatic heterocycles. The third-order valence-electron chi connectivity index (χ3n) is 2.24. The van der Waals surface area contributed by atoms with Crippen molar-refractivity contribution in [3.05, 3.63) is 29.6 Å². The second-order valence-corrected chi connectivity index (χ2v) is 5.20. The van der Waals surface area contributed by atoms with Crippen molar-refractivity contribution < 1.29 is 4.39 Å². The molecule has 1 aromatic carbocycles. The van der Waals surface area contributed by atoms with Crippen molar-refractivity contribution in [2.45, 2.75) is 12.2 Å². The van der Waals surface area contributed by atoms with Gasteiger partial charge in [-0.1, -0.05) is 19.1 Å². The first-order valence-electron chi connectivity index (χ1n) is 4.90. The molecule has 0 saturated carbocycles. The van der Waals surface area contributed by atoms with Gasteiger partial charge in [-0.15, -0.1) is 0 Å². The fourth-order valence-corrected chi connectivity index (χ4v) is 1.53. The van der Waals surface area contributed by atoms with Gasteiger partial charge >= 0.3 is 0 Å². The van der Waals surface area contributed by atoms with Crippen molar-refractivity contribution in [1.82, 2.24) is 0 Å². The topological polar surface area (TPSA) is 38.0 Å². The highest BCUT2D eigenvalue weighted by Crippen LogP contribution is 2.16. The molecule has 0 amide bonds. The number of hydrogen-bond acceptors (Lipinski definition) is 3. The predicted octanol–water partition coefficient (Wildman–Crippen LogP) is 2.62. The molecular formula is C11H15FN2S2. The van der Waals surface area contributed by atoms with E-state index in [4.69, 9.17) is 18.0 Å². The van der Waals surface area contributed by atoms with E-state index in [0.717, 1.165) is 6.54 Å². The lowest BCUT2D eigenvalue weighted by Crippen LogP contribution is -2.14. The number of rotatable bonds is 5. The summed E-state index contributed by atoms with van der Waals surface area (Å²) in [7, 11) is 0. The van der Waals surface area contributed by atoms with Crippen molar-refractivity contribution in [2.75, 3.05) is 18.1 Å². The fraction of sp³-hybridized carbons (Fsp3) is 0.364. The zero-order valence-electron chi connectivity index (χ0n) is 9.29. The van der Waals surface area contributed by atoms with Gasteiger partial charge < -0.3 is 11.1 Å². The number of benzene rings is 1. The molecule has 3 N–H and O–H groups in total. The van der Waals surface area contributed by atoms with Gasteiger partial charge in [0.2, 0.25) is 0 Å². The third-order valence-corrected chi connectivity index (χ3v) is 3.44. The molecule has 0 aromatic heterocycles. The van der Waals surface area contributed by atoms with E-state index in [-0.39, 0.29) is 10.8 Å². The van der Waals surface area contributed by atoms with Crippen LogP contribution in [0.1, 0.15) is 12.5 Å². The van der Waals surface area contributed by atoms with Crippen LogP contribution in [-0.4, -0.2) is 23.0 Å². The molecule has 1 rings (SSSR count). The van der Waals surface area contributed by atoms with Gasteiger partial charge in [0.1, 0.15) is 10.8 Å². The Morgan fingerprint density at radius 3 is 2.81 bits per heavy atom. The quantitative estimate of drug-likeness (QED) is 0.796. The number of thioether (sulfide) groups is 1. The summed E-state index contributed by atoms with van der Waals surface area (Å²) in [4.78, 5) is 0.211. The van der Waals surface area contributed by atoms with E-state index in [1.165, 1.54) is 6.07 Å². The number of halogens is 1. The van der Waals surface area contributed by atoms with Crippen LogP contribution in [0.15, 0.2) is 18.2 Å². The minimum atomic E-state index is -0.321. The van der Waals surface area contributed by atoms with Crippen LogP contribution in [0.25, 0.3) is 0 Å². The molecule has 0 aliphatic rings. The minimum Gasteiger partial charge on any atom is -0.389 e. The predicted molar refractivity (Wildman–Crippen MR) is 73.8 cm³/mol. The van der Waals surface area contributed by atoms with Gasteiger partial charge in [0.05, 0.1) is 5.69 Å². The molecule has 0 aliphatic carbocycles. The van der Waals surface area contributed by atoms with Gasteiger partial charge in [-0.25, -0.2) is 4.39 Å². The number of nitrogens with two attached hydrogens (primary N) is 1. The molecule has 5 heteroatoms. The second kappa shape index (κ2) is 6.06. The maximum Gasteiger partial charge on any atom is 0.146 e. The maximum absolute atomic E-state index is 13.6. The van der Waals surface area contributed by atoms with Crippen LogP contribution >= 0.6 is 24.0 Å². The van der Waals surface area contributed by atoms with Crippen molar-refractivity contribution in [2.24, 2.45) is 5.73 Å². The molecule has 1 atom stereocenters. The lowest BCUT2D eigenvalue weighted by atomic mass is 10.2. The number of nitrogens with one attached hydrogen (secondary N) is 1. The van der Waals surface area contributed by atoms with E-state index < -0.39 is 0 Å². The Balaban J connectivity index is 2.72. The zero-order chi connectivity index (χ0) is 12.1. The highest BCUT2D eigenvalue weighted by atomic mass is 32.2. The molecule has 2 nitrogen and oxygen atoms in total. The van der Waals surface area contributed by atoms with E-state index >= 15 is 0 Å². The Morgan fingerprint density at radius 2 is 2.31 bits per heavy atom. The summed E-state index contributed by atoms with van der Waals surface area (Å²) >= 11 is 6.51. The average Bonchev–Trinajstić information content (AvgIpc) is 2.26. The first-order valence-corrected chi connectivity index (χ1v) is 6.60. The summed E-state index contributed by atoms with van der Waals surface area (Å²) in [5, 5.41) is 3.49. The fourth-order valence-electron chi connectivity index (χ4n) is 1.15. The van der Waals surface area contributed by atoms with Crippen LogP contribution < -0.4 is 11.1 Å². The summed E-state index contributed by atoms with van der Waals surface area (Å²) in [5.41, 5.74) is 6.46. The first-order chi connectivity index (χ1) is 7.54. The lowest BCUT2D eigenvalue weighted by Gasteiger charge is -2.12. The van der Waals surface area contributed by atoms with Gasteiger partial charge in [0.25, 0.3) is 0 Å². The molecule has 1 unspecified atom stereocenters. The van der Waals surface area contributed by atoms with E-state index in [0.29, 0.717) is 16.5 Å². The van der Waals surface area contributed by atoms with Gasteiger partial charge in [-0.05, 0) is 24.5 Å². The van der Waals surface area contributed by atoms with Crippen LogP contribution in [0.4, 0.5) is 10.1 Å². The zero-order valence-corrected chi connectivity index (χ0v) is 10.9. The second-order valence-electron chi connectivity index (χ2n) is 3.49. The van der Waals surface area contributed by atoms with E-state index in [1.54, 1.807) is 23.9 Å². The van der Waals surface area contributed by atoms with Gasteiger partial charge in [0, 0.05) is 17.4 Å². The number of hydrogen-bond donors (Lipinski definition) is 2. The normalized spacial score (nSPS) is 12.2. The van der Waals surface area contributed by atoms with Crippen molar-refractivity contribution in [3.63, 3.8) is 0 Å².